The summed E-state index contributed by atoms with van der Waals surface area (Å²) in [6, 6.07) is 7.07. The second-order valence-electron chi connectivity index (χ2n) is 9.34. The van der Waals surface area contributed by atoms with Crippen LogP contribution in [0.2, 0.25) is 0 Å². The van der Waals surface area contributed by atoms with Crippen LogP contribution in [0.5, 0.6) is 0 Å². The molecule has 2 aliphatic rings. The zero-order valence-corrected chi connectivity index (χ0v) is 18.9. The summed E-state index contributed by atoms with van der Waals surface area (Å²) in [5.41, 5.74) is 2.31. The number of sulfone groups is 1. The van der Waals surface area contributed by atoms with Crippen LogP contribution in [0.15, 0.2) is 30.5 Å². The molecule has 2 aromatic rings. The van der Waals surface area contributed by atoms with Crippen molar-refractivity contribution in [1.29, 1.82) is 0 Å². The molecule has 0 bridgehead atoms. The molecule has 1 N–H and O–H groups in total. The third kappa shape index (κ3) is 4.81. The lowest BCUT2D eigenvalue weighted by Gasteiger charge is -2.27. The highest BCUT2D eigenvalue weighted by Crippen LogP contribution is 2.31. The Balaban J connectivity index is 1.69. The molecule has 2 amide bonds. The normalized spacial score (nSPS) is 18.6. The van der Waals surface area contributed by atoms with Gasteiger partial charge in [0.15, 0.2) is 9.84 Å². The first kappa shape index (κ1) is 21.5. The number of carbonyl (C=O) groups is 2. The van der Waals surface area contributed by atoms with E-state index in [0.29, 0.717) is 16.9 Å². The maximum atomic E-state index is 13.3. The minimum absolute atomic E-state index is 0.0119. The molecule has 1 aromatic carbocycles. The van der Waals surface area contributed by atoms with Crippen molar-refractivity contribution in [3.8, 4) is 5.69 Å². The summed E-state index contributed by atoms with van der Waals surface area (Å²) in [6.07, 6.45) is 3.61. The first-order valence-electron chi connectivity index (χ1n) is 10.5. The van der Waals surface area contributed by atoms with Crippen LogP contribution in [0.4, 0.5) is 5.69 Å². The van der Waals surface area contributed by atoms with E-state index in [2.05, 4.69) is 31.2 Å². The van der Waals surface area contributed by atoms with E-state index < -0.39 is 9.84 Å². The van der Waals surface area contributed by atoms with E-state index in [1.54, 1.807) is 34.0 Å². The molecular formula is C22H28N4O4S. The first-order chi connectivity index (χ1) is 14.5. The van der Waals surface area contributed by atoms with Gasteiger partial charge in [0.05, 0.1) is 28.5 Å². The van der Waals surface area contributed by atoms with Crippen molar-refractivity contribution >= 4 is 27.3 Å². The van der Waals surface area contributed by atoms with E-state index in [1.807, 2.05) is 6.07 Å². The monoisotopic (exact) mass is 444 g/mol. The fourth-order valence-electron chi connectivity index (χ4n) is 3.51. The fraction of sp³-hybridized carbons (Fsp3) is 0.500. The van der Waals surface area contributed by atoms with E-state index in [-0.39, 0.29) is 47.7 Å². The van der Waals surface area contributed by atoms with Gasteiger partial charge in [0.2, 0.25) is 5.91 Å². The molecule has 1 saturated carbocycles. The summed E-state index contributed by atoms with van der Waals surface area (Å²) in [6.45, 7) is 6.53. The number of rotatable bonds is 4. The summed E-state index contributed by atoms with van der Waals surface area (Å²) in [5, 5.41) is 7.59. The molecule has 9 heteroatoms. The number of hydrogen-bond acceptors (Lipinski definition) is 5. The van der Waals surface area contributed by atoms with Gasteiger partial charge in [0.25, 0.3) is 5.91 Å². The second kappa shape index (κ2) is 7.78. The van der Waals surface area contributed by atoms with Crippen molar-refractivity contribution in [1.82, 2.24) is 14.7 Å². The van der Waals surface area contributed by atoms with E-state index in [1.165, 1.54) is 0 Å². The zero-order chi connectivity index (χ0) is 22.4. The molecule has 31 heavy (non-hydrogen) atoms. The van der Waals surface area contributed by atoms with Crippen molar-refractivity contribution in [3.05, 3.63) is 41.7 Å². The molecule has 0 atom stereocenters. The Hall–Kier alpha value is -2.68. The summed E-state index contributed by atoms with van der Waals surface area (Å²) in [4.78, 5) is 27.0. The third-order valence-corrected chi connectivity index (χ3v) is 7.29. The lowest BCUT2D eigenvalue weighted by molar-refractivity contribution is -0.117. The number of anilines is 1. The Morgan fingerprint density at radius 2 is 1.77 bits per heavy atom. The zero-order valence-electron chi connectivity index (χ0n) is 18.1. The minimum atomic E-state index is -3.09. The van der Waals surface area contributed by atoms with Gasteiger partial charge in [-0.15, -0.1) is 0 Å². The summed E-state index contributed by atoms with van der Waals surface area (Å²) in [7, 11) is -3.09. The standard InChI is InChI=1S/C22H28N4O4S/c1-22(2,3)19-8-9-26(24-19)18-14-16(23-20(27)15-4-5-15)6-7-17(18)21(28)25-10-12-31(29,30)13-11-25/h6-9,14-15H,4-5,10-13H2,1-3H3,(H,23,27). The molecule has 1 aliphatic carbocycles. The number of hydrogen-bond donors (Lipinski definition) is 1. The van der Waals surface area contributed by atoms with Gasteiger partial charge < -0.3 is 10.2 Å². The highest BCUT2D eigenvalue weighted by atomic mass is 32.2. The summed E-state index contributed by atoms with van der Waals surface area (Å²) in [5.74, 6) is -0.240. The lowest BCUT2D eigenvalue weighted by atomic mass is 9.93. The topological polar surface area (TPSA) is 101 Å². The van der Waals surface area contributed by atoms with Gasteiger partial charge in [-0.3, -0.25) is 9.59 Å². The van der Waals surface area contributed by atoms with Crippen LogP contribution in [0.3, 0.4) is 0 Å². The van der Waals surface area contributed by atoms with Crippen LogP contribution in [-0.2, 0) is 20.0 Å². The third-order valence-electron chi connectivity index (χ3n) is 5.68. The molecule has 8 nitrogen and oxygen atoms in total. The number of carbonyl (C=O) groups excluding carboxylic acids is 2. The highest BCUT2D eigenvalue weighted by Gasteiger charge is 2.31. The van der Waals surface area contributed by atoms with Crippen LogP contribution in [0.25, 0.3) is 5.69 Å². The van der Waals surface area contributed by atoms with Gasteiger partial charge in [0.1, 0.15) is 0 Å². The molecule has 2 fully saturated rings. The van der Waals surface area contributed by atoms with Crippen molar-refractivity contribution in [2.45, 2.75) is 39.0 Å². The van der Waals surface area contributed by atoms with Crippen LogP contribution in [0.1, 0.15) is 49.7 Å². The Morgan fingerprint density at radius 3 is 2.35 bits per heavy atom. The molecule has 0 radical (unpaired) electrons. The van der Waals surface area contributed by atoms with Crippen molar-refractivity contribution in [2.24, 2.45) is 5.92 Å². The number of nitrogens with one attached hydrogen (secondary N) is 1. The van der Waals surface area contributed by atoms with Crippen LogP contribution in [-0.4, -0.2) is 59.5 Å². The van der Waals surface area contributed by atoms with Crippen LogP contribution in [0, 0.1) is 5.92 Å². The van der Waals surface area contributed by atoms with Crippen molar-refractivity contribution in [2.75, 3.05) is 29.9 Å². The fourth-order valence-corrected chi connectivity index (χ4v) is 4.71. The minimum Gasteiger partial charge on any atom is -0.337 e. The van der Waals surface area contributed by atoms with E-state index in [0.717, 1.165) is 18.5 Å². The second-order valence-corrected chi connectivity index (χ2v) is 11.6. The van der Waals surface area contributed by atoms with Gasteiger partial charge >= 0.3 is 0 Å². The average Bonchev–Trinajstić information content (AvgIpc) is 3.43. The Labute approximate surface area is 182 Å². The van der Waals surface area contributed by atoms with Crippen LogP contribution >= 0.6 is 0 Å². The maximum absolute atomic E-state index is 13.3. The maximum Gasteiger partial charge on any atom is 0.256 e. The number of benzene rings is 1. The van der Waals surface area contributed by atoms with Gasteiger partial charge in [-0.2, -0.15) is 5.10 Å². The first-order valence-corrected chi connectivity index (χ1v) is 12.4. The Kier molecular flexibility index (Phi) is 5.41. The Morgan fingerprint density at radius 1 is 1.10 bits per heavy atom. The van der Waals surface area contributed by atoms with Gasteiger partial charge in [-0.1, -0.05) is 20.8 Å². The SMILES string of the molecule is CC(C)(C)c1ccn(-c2cc(NC(=O)C3CC3)ccc2C(=O)N2CCS(=O)(=O)CC2)n1. The molecule has 0 unspecified atom stereocenters. The van der Waals surface area contributed by atoms with E-state index in [9.17, 15) is 18.0 Å². The lowest BCUT2D eigenvalue weighted by Crippen LogP contribution is -2.44. The molecule has 1 aromatic heterocycles. The average molecular weight is 445 g/mol. The molecule has 1 aliphatic heterocycles. The largest absolute Gasteiger partial charge is 0.337 e. The number of amides is 2. The smallest absolute Gasteiger partial charge is 0.256 e. The molecule has 0 spiro atoms. The van der Waals surface area contributed by atoms with Crippen LogP contribution < -0.4 is 5.32 Å². The molecule has 166 valence electrons. The summed E-state index contributed by atoms with van der Waals surface area (Å²) < 4.78 is 25.2. The molecule has 4 rings (SSSR count). The van der Waals surface area contributed by atoms with E-state index in [4.69, 9.17) is 0 Å². The quantitative estimate of drug-likeness (QED) is 0.780. The van der Waals surface area contributed by atoms with Crippen molar-refractivity contribution in [3.63, 3.8) is 0 Å². The number of aromatic nitrogens is 2. The molecule has 2 heterocycles. The summed E-state index contributed by atoms with van der Waals surface area (Å²) >= 11 is 0. The van der Waals surface area contributed by atoms with Gasteiger partial charge in [-0.25, -0.2) is 13.1 Å². The van der Waals surface area contributed by atoms with Gasteiger partial charge in [0, 0.05) is 36.3 Å². The predicted octanol–water partition coefficient (Wildman–Crippen LogP) is 2.39. The van der Waals surface area contributed by atoms with Gasteiger partial charge in [-0.05, 0) is 37.1 Å². The van der Waals surface area contributed by atoms with E-state index >= 15 is 0 Å². The Bertz CT molecular complexity index is 1110. The molecule has 1 saturated heterocycles. The predicted molar refractivity (Wildman–Crippen MR) is 118 cm³/mol. The molecular weight excluding hydrogens is 416 g/mol. The highest BCUT2D eigenvalue weighted by molar-refractivity contribution is 7.91. The van der Waals surface area contributed by atoms with Crippen molar-refractivity contribution < 1.29 is 18.0 Å². The number of nitrogens with zero attached hydrogens (tertiary/aromatic N) is 3.